The van der Waals surface area contributed by atoms with Crippen LogP contribution in [0, 0.1) is 5.92 Å². The average molecular weight is 370 g/mol. The second-order valence-electron chi connectivity index (χ2n) is 6.11. The number of halogens is 1. The minimum atomic E-state index is -0.886. The van der Waals surface area contributed by atoms with E-state index in [1.165, 1.54) is 5.56 Å². The Kier molecular flexibility index (Phi) is 3.49. The fraction of sp³-hybridized carbons (Fsp3) is 0.211. The summed E-state index contributed by atoms with van der Waals surface area (Å²) in [6.07, 6.45) is 5.44. The Labute approximate surface area is 143 Å². The first-order chi connectivity index (χ1) is 11.1. The second kappa shape index (κ2) is 5.53. The third-order valence-corrected chi connectivity index (χ3v) is 5.33. The predicted molar refractivity (Wildman–Crippen MR) is 93.9 cm³/mol. The molecule has 2 aliphatic rings. The third-order valence-electron chi connectivity index (χ3n) is 4.83. The molecule has 2 aromatic carbocycles. The van der Waals surface area contributed by atoms with Crippen molar-refractivity contribution in [1.82, 2.24) is 0 Å². The molecule has 0 spiro atoms. The summed E-state index contributed by atoms with van der Waals surface area (Å²) in [5.41, 5.74) is 3.39. The Morgan fingerprint density at radius 2 is 2.04 bits per heavy atom. The van der Waals surface area contributed by atoms with Gasteiger partial charge in [0.15, 0.2) is 0 Å². The number of nitrogens with one attached hydrogen (secondary N) is 1. The molecule has 0 amide bonds. The Balaban J connectivity index is 1.85. The van der Waals surface area contributed by atoms with E-state index in [4.69, 9.17) is 0 Å². The Morgan fingerprint density at radius 3 is 2.83 bits per heavy atom. The maximum Gasteiger partial charge on any atom is 0.337 e. The van der Waals surface area contributed by atoms with Gasteiger partial charge in [0.2, 0.25) is 0 Å². The van der Waals surface area contributed by atoms with Gasteiger partial charge in [-0.25, -0.2) is 4.79 Å². The molecule has 116 valence electrons. The summed E-state index contributed by atoms with van der Waals surface area (Å²) in [6, 6.07) is 13.9. The summed E-state index contributed by atoms with van der Waals surface area (Å²) in [4.78, 5) is 11.6. The first-order valence-corrected chi connectivity index (χ1v) is 8.49. The van der Waals surface area contributed by atoms with Gasteiger partial charge in [-0.2, -0.15) is 0 Å². The van der Waals surface area contributed by atoms with Crippen LogP contribution in [0.1, 0.15) is 39.9 Å². The highest BCUT2D eigenvalue weighted by Crippen LogP contribution is 2.50. The lowest BCUT2D eigenvalue weighted by atomic mass is 9.76. The van der Waals surface area contributed by atoms with E-state index in [0.29, 0.717) is 11.5 Å². The number of carboxylic acids is 1. The summed E-state index contributed by atoms with van der Waals surface area (Å²) in [6.45, 7) is 0. The van der Waals surface area contributed by atoms with Crippen LogP contribution >= 0.6 is 15.9 Å². The second-order valence-corrected chi connectivity index (χ2v) is 7.02. The summed E-state index contributed by atoms with van der Waals surface area (Å²) >= 11 is 3.53. The average Bonchev–Trinajstić information content (AvgIpc) is 3.03. The summed E-state index contributed by atoms with van der Waals surface area (Å²) < 4.78 is 1.04. The fourth-order valence-corrected chi connectivity index (χ4v) is 4.25. The van der Waals surface area contributed by atoms with Crippen LogP contribution in [-0.2, 0) is 0 Å². The summed E-state index contributed by atoms with van der Waals surface area (Å²) in [5, 5.41) is 13.0. The van der Waals surface area contributed by atoms with Crippen molar-refractivity contribution < 1.29 is 9.90 Å². The number of benzene rings is 2. The van der Waals surface area contributed by atoms with Gasteiger partial charge < -0.3 is 10.4 Å². The number of anilines is 1. The molecule has 1 aliphatic heterocycles. The lowest BCUT2D eigenvalue weighted by Gasteiger charge is -2.38. The number of para-hydroxylation sites is 1. The molecule has 2 aromatic rings. The molecule has 0 bridgehead atoms. The van der Waals surface area contributed by atoms with Gasteiger partial charge in [-0.3, -0.25) is 0 Å². The highest BCUT2D eigenvalue weighted by Gasteiger charge is 2.39. The summed E-state index contributed by atoms with van der Waals surface area (Å²) in [7, 11) is 0. The van der Waals surface area contributed by atoms with Crippen LogP contribution in [0.5, 0.6) is 0 Å². The van der Waals surface area contributed by atoms with Crippen molar-refractivity contribution in [3.63, 3.8) is 0 Å². The zero-order valence-electron chi connectivity index (χ0n) is 12.4. The van der Waals surface area contributed by atoms with E-state index in [1.54, 1.807) is 6.07 Å². The molecule has 4 rings (SSSR count). The molecule has 0 radical (unpaired) electrons. The van der Waals surface area contributed by atoms with Gasteiger partial charge in [0.1, 0.15) is 0 Å². The zero-order chi connectivity index (χ0) is 16.0. The largest absolute Gasteiger partial charge is 0.478 e. The van der Waals surface area contributed by atoms with E-state index in [1.807, 2.05) is 24.3 Å². The number of allylic oxidation sites excluding steroid dienone is 2. The van der Waals surface area contributed by atoms with E-state index < -0.39 is 5.97 Å². The lowest BCUT2D eigenvalue weighted by Crippen LogP contribution is -2.30. The molecule has 0 saturated carbocycles. The molecule has 0 unspecified atom stereocenters. The van der Waals surface area contributed by atoms with Crippen LogP contribution in [-0.4, -0.2) is 11.1 Å². The van der Waals surface area contributed by atoms with Gasteiger partial charge >= 0.3 is 5.97 Å². The molecule has 0 aromatic heterocycles. The maximum atomic E-state index is 11.6. The van der Waals surface area contributed by atoms with Gasteiger partial charge in [-0.1, -0.05) is 52.3 Å². The number of carbonyl (C=O) groups is 1. The van der Waals surface area contributed by atoms with E-state index in [2.05, 4.69) is 45.5 Å². The molecule has 0 fully saturated rings. The van der Waals surface area contributed by atoms with Crippen molar-refractivity contribution in [2.24, 2.45) is 5.92 Å². The molecule has 23 heavy (non-hydrogen) atoms. The molecule has 3 atom stereocenters. The number of rotatable bonds is 2. The van der Waals surface area contributed by atoms with Crippen molar-refractivity contribution in [2.45, 2.75) is 18.4 Å². The topological polar surface area (TPSA) is 49.3 Å². The molecule has 1 heterocycles. The molecule has 1 aliphatic carbocycles. The van der Waals surface area contributed by atoms with Crippen molar-refractivity contribution >= 4 is 27.6 Å². The van der Waals surface area contributed by atoms with Crippen molar-refractivity contribution in [1.29, 1.82) is 0 Å². The smallest absolute Gasteiger partial charge is 0.337 e. The van der Waals surface area contributed by atoms with Gasteiger partial charge in [0.05, 0.1) is 17.3 Å². The van der Waals surface area contributed by atoms with Gasteiger partial charge in [-0.05, 0) is 41.7 Å². The normalized spacial score (nSPS) is 24.7. The van der Waals surface area contributed by atoms with Crippen LogP contribution < -0.4 is 5.32 Å². The molecule has 4 heteroatoms. The minimum absolute atomic E-state index is 0.112. The fourth-order valence-electron chi connectivity index (χ4n) is 3.83. The SMILES string of the molecule is O=C(O)c1cccc2c1N[C@H](c1cccc(Br)c1)[C@@H]1CC=C[C@H]21. The zero-order valence-corrected chi connectivity index (χ0v) is 14.0. The molecular formula is C19H16BrNO2. The van der Waals surface area contributed by atoms with Gasteiger partial charge in [-0.15, -0.1) is 0 Å². The minimum Gasteiger partial charge on any atom is -0.478 e. The van der Waals surface area contributed by atoms with E-state index >= 15 is 0 Å². The number of aromatic carboxylic acids is 1. The van der Waals surface area contributed by atoms with Crippen LogP contribution in [0.4, 0.5) is 5.69 Å². The van der Waals surface area contributed by atoms with Gasteiger partial charge in [0.25, 0.3) is 0 Å². The first-order valence-electron chi connectivity index (χ1n) is 7.70. The number of hydrogen-bond donors (Lipinski definition) is 2. The summed E-state index contributed by atoms with van der Waals surface area (Å²) in [5.74, 6) is -0.196. The molecular weight excluding hydrogens is 354 g/mol. The van der Waals surface area contributed by atoms with Crippen molar-refractivity contribution in [3.8, 4) is 0 Å². The Bertz CT molecular complexity index is 815. The third kappa shape index (κ3) is 2.38. The van der Waals surface area contributed by atoms with Crippen LogP contribution in [0.3, 0.4) is 0 Å². The quantitative estimate of drug-likeness (QED) is 0.734. The Morgan fingerprint density at radius 1 is 1.22 bits per heavy atom. The highest BCUT2D eigenvalue weighted by atomic mass is 79.9. The predicted octanol–water partition coefficient (Wildman–Crippen LogP) is 4.97. The number of fused-ring (bicyclic) bond motifs is 3. The highest BCUT2D eigenvalue weighted by molar-refractivity contribution is 9.10. The van der Waals surface area contributed by atoms with Crippen molar-refractivity contribution in [3.05, 3.63) is 75.8 Å². The van der Waals surface area contributed by atoms with E-state index in [0.717, 1.165) is 22.1 Å². The number of carboxylic acid groups (broad SMARTS) is 1. The molecule has 3 nitrogen and oxygen atoms in total. The molecule has 0 saturated heterocycles. The van der Waals surface area contributed by atoms with Crippen LogP contribution in [0.25, 0.3) is 0 Å². The van der Waals surface area contributed by atoms with Crippen molar-refractivity contribution in [2.75, 3.05) is 5.32 Å². The monoisotopic (exact) mass is 369 g/mol. The first kappa shape index (κ1) is 14.5. The van der Waals surface area contributed by atoms with Crippen LogP contribution in [0.2, 0.25) is 0 Å². The Hall–Kier alpha value is -2.07. The lowest BCUT2D eigenvalue weighted by molar-refractivity contribution is 0.0697. The molecule has 2 N–H and O–H groups in total. The van der Waals surface area contributed by atoms with E-state index in [9.17, 15) is 9.90 Å². The van der Waals surface area contributed by atoms with E-state index in [-0.39, 0.29) is 12.0 Å². The van der Waals surface area contributed by atoms with Crippen LogP contribution in [0.15, 0.2) is 59.1 Å². The number of hydrogen-bond acceptors (Lipinski definition) is 2. The maximum absolute atomic E-state index is 11.6. The van der Waals surface area contributed by atoms with Gasteiger partial charge in [0, 0.05) is 10.4 Å². The standard InChI is InChI=1S/C19H16BrNO2/c20-12-5-1-4-11(10-12)17-14-7-2-6-13(14)15-8-3-9-16(19(22)23)18(15)21-17/h1-6,8-10,13-14,17,21H,7H2,(H,22,23)/t13-,14+,17+/m0/s1.